The van der Waals surface area contributed by atoms with Gasteiger partial charge in [0.2, 0.25) is 5.91 Å². The van der Waals surface area contributed by atoms with Crippen LogP contribution in [0.15, 0.2) is 30.3 Å². The van der Waals surface area contributed by atoms with E-state index in [4.69, 9.17) is 15.6 Å². The second-order valence-corrected chi connectivity index (χ2v) is 5.12. The Kier molecular flexibility index (Phi) is 5.30. The van der Waals surface area contributed by atoms with Crippen LogP contribution in [-0.2, 0) is 14.3 Å². The van der Waals surface area contributed by atoms with Crippen molar-refractivity contribution in [2.24, 2.45) is 5.73 Å². The van der Waals surface area contributed by atoms with E-state index in [1.54, 1.807) is 4.90 Å². The van der Waals surface area contributed by atoms with Crippen LogP contribution >= 0.6 is 0 Å². The molecule has 1 heterocycles. The predicted molar refractivity (Wildman–Crippen MR) is 76.6 cm³/mol. The first-order valence-electron chi connectivity index (χ1n) is 7.00. The van der Waals surface area contributed by atoms with Gasteiger partial charge in [0.1, 0.15) is 12.6 Å². The Bertz CT molecular complexity index is 484. The second-order valence-electron chi connectivity index (χ2n) is 5.12. The third-order valence-electron chi connectivity index (χ3n) is 3.62. The molecule has 0 saturated carbocycles. The number of nitrogens with two attached hydrogens (primary N) is 1. The molecule has 1 aliphatic rings. The molecule has 1 saturated heterocycles. The maximum Gasteiger partial charge on any atom is 0.329 e. The Morgan fingerprint density at radius 2 is 1.90 bits per heavy atom. The van der Waals surface area contributed by atoms with E-state index in [0.717, 1.165) is 5.56 Å². The molecular formula is C15H20N2O4. The zero-order valence-electron chi connectivity index (χ0n) is 11.8. The molecule has 1 atom stereocenters. The number of ether oxygens (including phenoxy) is 1. The maximum atomic E-state index is 12.3. The van der Waals surface area contributed by atoms with Gasteiger partial charge in [-0.1, -0.05) is 30.3 Å². The van der Waals surface area contributed by atoms with E-state index in [1.807, 2.05) is 30.3 Å². The van der Waals surface area contributed by atoms with Crippen LogP contribution in [0.4, 0.5) is 0 Å². The molecule has 6 heteroatoms. The molecule has 0 spiro atoms. The smallest absolute Gasteiger partial charge is 0.329 e. The molecule has 1 aromatic carbocycles. The van der Waals surface area contributed by atoms with Crippen LogP contribution in [0, 0.1) is 0 Å². The number of carboxylic acids is 1. The fraction of sp³-hybridized carbons (Fsp3) is 0.467. The van der Waals surface area contributed by atoms with Gasteiger partial charge >= 0.3 is 5.97 Å². The fourth-order valence-corrected chi connectivity index (χ4v) is 2.43. The molecule has 21 heavy (non-hydrogen) atoms. The van der Waals surface area contributed by atoms with Gasteiger partial charge in [0.25, 0.3) is 0 Å². The number of carboxylic acid groups (broad SMARTS) is 1. The molecule has 1 amide bonds. The highest BCUT2D eigenvalue weighted by atomic mass is 16.5. The van der Waals surface area contributed by atoms with Crippen LogP contribution in [0.2, 0.25) is 0 Å². The second kappa shape index (κ2) is 7.19. The Balaban J connectivity index is 1.84. The van der Waals surface area contributed by atoms with Gasteiger partial charge in [-0.3, -0.25) is 4.79 Å². The molecule has 1 aliphatic heterocycles. The summed E-state index contributed by atoms with van der Waals surface area (Å²) in [6.07, 6.45) is 1.18. The summed E-state index contributed by atoms with van der Waals surface area (Å²) in [5.41, 5.74) is 6.80. The van der Waals surface area contributed by atoms with Crippen molar-refractivity contribution in [2.45, 2.75) is 25.0 Å². The number of piperidine rings is 1. The predicted octanol–water partition coefficient (Wildman–Crippen LogP) is 0.779. The highest BCUT2D eigenvalue weighted by molar-refractivity contribution is 5.83. The lowest BCUT2D eigenvalue weighted by Gasteiger charge is -2.33. The average Bonchev–Trinajstić information content (AvgIpc) is 2.53. The molecule has 0 unspecified atom stereocenters. The summed E-state index contributed by atoms with van der Waals surface area (Å²) in [5.74, 6) is -1.07. The van der Waals surface area contributed by atoms with Crippen LogP contribution in [0.25, 0.3) is 0 Å². The van der Waals surface area contributed by atoms with Crippen molar-refractivity contribution in [3.05, 3.63) is 35.9 Å². The number of benzene rings is 1. The maximum absolute atomic E-state index is 12.3. The van der Waals surface area contributed by atoms with Gasteiger partial charge in [0, 0.05) is 13.1 Å². The molecule has 0 aliphatic carbocycles. The Hall–Kier alpha value is -1.92. The van der Waals surface area contributed by atoms with Gasteiger partial charge in [0.15, 0.2) is 0 Å². The lowest BCUT2D eigenvalue weighted by atomic mass is 10.0. The van der Waals surface area contributed by atoms with E-state index >= 15 is 0 Å². The van der Waals surface area contributed by atoms with Crippen molar-refractivity contribution in [3.8, 4) is 0 Å². The van der Waals surface area contributed by atoms with Crippen molar-refractivity contribution >= 4 is 11.9 Å². The van der Waals surface area contributed by atoms with Gasteiger partial charge < -0.3 is 20.5 Å². The zero-order valence-corrected chi connectivity index (χ0v) is 11.8. The Morgan fingerprint density at radius 3 is 2.48 bits per heavy atom. The number of likely N-dealkylation sites (tertiary alicyclic amines) is 1. The quantitative estimate of drug-likeness (QED) is 0.836. The molecule has 2 rings (SSSR count). The van der Waals surface area contributed by atoms with Crippen molar-refractivity contribution < 1.29 is 19.4 Å². The van der Waals surface area contributed by atoms with Crippen molar-refractivity contribution in [1.29, 1.82) is 0 Å². The van der Waals surface area contributed by atoms with E-state index in [0.29, 0.717) is 25.9 Å². The molecule has 3 N–H and O–H groups in total. The minimum atomic E-state index is -0.973. The number of hydrogen-bond donors (Lipinski definition) is 2. The van der Waals surface area contributed by atoms with Gasteiger partial charge in [-0.25, -0.2) is 4.79 Å². The van der Waals surface area contributed by atoms with Gasteiger partial charge in [-0.2, -0.15) is 0 Å². The molecule has 0 bridgehead atoms. The third kappa shape index (κ3) is 4.27. The van der Waals surface area contributed by atoms with E-state index in [2.05, 4.69) is 0 Å². The van der Waals surface area contributed by atoms with Crippen LogP contribution in [-0.4, -0.2) is 47.7 Å². The van der Waals surface area contributed by atoms with E-state index in [9.17, 15) is 9.59 Å². The third-order valence-corrected chi connectivity index (χ3v) is 3.62. The number of carbonyl (C=O) groups is 2. The zero-order chi connectivity index (χ0) is 15.2. The molecule has 0 aromatic heterocycles. The number of amides is 1. The topological polar surface area (TPSA) is 92.9 Å². The van der Waals surface area contributed by atoms with Crippen molar-refractivity contribution in [2.75, 3.05) is 19.7 Å². The number of rotatable bonds is 5. The van der Waals surface area contributed by atoms with Crippen molar-refractivity contribution in [3.63, 3.8) is 0 Å². The highest BCUT2D eigenvalue weighted by Crippen LogP contribution is 2.18. The minimum absolute atomic E-state index is 0.0990. The van der Waals surface area contributed by atoms with Gasteiger partial charge in [0.05, 0.1) is 6.10 Å². The fourth-order valence-electron chi connectivity index (χ4n) is 2.43. The van der Waals surface area contributed by atoms with Gasteiger partial charge in [-0.15, -0.1) is 0 Å². The highest BCUT2D eigenvalue weighted by Gasteiger charge is 2.27. The number of aliphatic carboxylic acids is 1. The van der Waals surface area contributed by atoms with Crippen LogP contribution in [0.5, 0.6) is 0 Å². The van der Waals surface area contributed by atoms with Crippen LogP contribution < -0.4 is 5.73 Å². The first kappa shape index (κ1) is 15.5. The van der Waals surface area contributed by atoms with Crippen LogP contribution in [0.3, 0.4) is 0 Å². The molecular weight excluding hydrogens is 272 g/mol. The average molecular weight is 292 g/mol. The lowest BCUT2D eigenvalue weighted by molar-refractivity contribution is -0.147. The van der Waals surface area contributed by atoms with E-state index in [1.165, 1.54) is 0 Å². The van der Waals surface area contributed by atoms with E-state index < -0.39 is 12.0 Å². The van der Waals surface area contributed by atoms with Gasteiger partial charge in [-0.05, 0) is 18.4 Å². The summed E-state index contributed by atoms with van der Waals surface area (Å²) < 4.78 is 5.25. The number of carbonyl (C=O) groups excluding carboxylic acids is 1. The standard InChI is InChI=1S/C15H20N2O4/c16-14(11-4-2-1-3-5-11)15(20)17-8-6-12(7-9-17)21-10-13(18)19/h1-5,12,14H,6-10,16H2,(H,18,19)/t14-/m1/s1. The summed E-state index contributed by atoms with van der Waals surface area (Å²) in [5, 5.41) is 8.58. The summed E-state index contributed by atoms with van der Waals surface area (Å²) in [4.78, 5) is 24.5. The summed E-state index contributed by atoms with van der Waals surface area (Å²) in [6.45, 7) is 0.801. The number of hydrogen-bond acceptors (Lipinski definition) is 4. The first-order chi connectivity index (χ1) is 10.1. The molecule has 1 aromatic rings. The SMILES string of the molecule is N[C@@H](C(=O)N1CCC(OCC(=O)O)CC1)c1ccccc1. The largest absolute Gasteiger partial charge is 0.480 e. The lowest BCUT2D eigenvalue weighted by Crippen LogP contribution is -2.45. The van der Waals surface area contributed by atoms with Crippen molar-refractivity contribution in [1.82, 2.24) is 4.90 Å². The normalized spacial score (nSPS) is 17.5. The summed E-state index contributed by atoms with van der Waals surface area (Å²) in [7, 11) is 0. The number of nitrogens with zero attached hydrogens (tertiary/aromatic N) is 1. The molecule has 6 nitrogen and oxygen atoms in total. The summed E-state index contributed by atoms with van der Waals surface area (Å²) in [6, 6.07) is 8.62. The minimum Gasteiger partial charge on any atom is -0.480 e. The van der Waals surface area contributed by atoms with E-state index in [-0.39, 0.29) is 18.6 Å². The first-order valence-corrected chi connectivity index (χ1v) is 7.00. The van der Waals surface area contributed by atoms with Crippen LogP contribution in [0.1, 0.15) is 24.4 Å². The molecule has 114 valence electrons. The molecule has 0 radical (unpaired) electrons. The monoisotopic (exact) mass is 292 g/mol. The Labute approximate surface area is 123 Å². The molecule has 1 fully saturated rings. The Morgan fingerprint density at radius 1 is 1.29 bits per heavy atom. The summed E-state index contributed by atoms with van der Waals surface area (Å²) >= 11 is 0.